The molecule has 1 heterocycles. The van der Waals surface area contributed by atoms with Crippen LogP contribution in [0, 0.1) is 0 Å². The maximum atomic E-state index is 13.6. The Morgan fingerprint density at radius 3 is 2.12 bits per heavy atom. The number of fused-ring (bicyclic) bond motifs is 1. The maximum absolute atomic E-state index is 13.6. The summed E-state index contributed by atoms with van der Waals surface area (Å²) in [4.78, 5) is 28.6. The summed E-state index contributed by atoms with van der Waals surface area (Å²) < 4.78 is 21.7. The van der Waals surface area contributed by atoms with E-state index in [2.05, 4.69) is 5.32 Å². The maximum Gasteiger partial charge on any atom is 0.254 e. The summed E-state index contributed by atoms with van der Waals surface area (Å²) >= 11 is 0. The van der Waals surface area contributed by atoms with Crippen molar-refractivity contribution in [3.05, 3.63) is 47.0 Å². The van der Waals surface area contributed by atoms with Crippen LogP contribution in [0.1, 0.15) is 53.7 Å². The summed E-state index contributed by atoms with van der Waals surface area (Å²) in [6, 6.07) is 8.23. The van der Waals surface area contributed by atoms with Crippen LogP contribution in [0.25, 0.3) is 0 Å². The smallest absolute Gasteiger partial charge is 0.254 e. The number of nitrogens with one attached hydrogen (secondary N) is 1. The van der Waals surface area contributed by atoms with E-state index in [-0.39, 0.29) is 17.9 Å². The van der Waals surface area contributed by atoms with Gasteiger partial charge in [0.1, 0.15) is 0 Å². The van der Waals surface area contributed by atoms with E-state index >= 15 is 0 Å². The average Bonchev–Trinajstić information content (AvgIpc) is 2.84. The van der Waals surface area contributed by atoms with E-state index in [4.69, 9.17) is 18.9 Å². The minimum absolute atomic E-state index is 0.0184. The number of carbonyl (C=O) groups excluding carboxylic acids is 2. The van der Waals surface area contributed by atoms with Crippen LogP contribution < -0.4 is 24.3 Å². The highest BCUT2D eigenvalue weighted by Crippen LogP contribution is 2.46. The van der Waals surface area contributed by atoms with Gasteiger partial charge in [-0.1, -0.05) is 13.0 Å². The van der Waals surface area contributed by atoms with Gasteiger partial charge in [0.25, 0.3) is 5.91 Å². The number of hydrogen-bond donors (Lipinski definition) is 1. The molecule has 0 saturated carbocycles. The lowest BCUT2D eigenvalue weighted by molar-refractivity contribution is -0.124. The minimum Gasteiger partial charge on any atom is -0.493 e. The molecule has 2 aromatic carbocycles. The number of rotatable bonds is 8. The Kier molecular flexibility index (Phi) is 7.36. The molecule has 0 saturated heterocycles. The summed E-state index contributed by atoms with van der Waals surface area (Å²) in [6.07, 6.45) is 0.785. The van der Waals surface area contributed by atoms with Crippen LogP contribution in [0.2, 0.25) is 0 Å². The zero-order valence-electron chi connectivity index (χ0n) is 20.2. The number of likely N-dealkylation sites (N-methyl/N-ethyl adjacent to an activating group) is 1. The highest BCUT2D eigenvalue weighted by Gasteiger charge is 2.44. The molecule has 0 fully saturated rings. The quantitative estimate of drug-likeness (QED) is 0.654. The number of nitrogens with zero attached hydrogens (tertiary/aromatic N) is 1. The van der Waals surface area contributed by atoms with Crippen molar-refractivity contribution in [2.24, 2.45) is 0 Å². The molecular formula is C25H32N2O6. The molecule has 1 aliphatic rings. The van der Waals surface area contributed by atoms with E-state index in [1.165, 1.54) is 14.2 Å². The molecule has 0 aliphatic carbocycles. The molecule has 3 atom stereocenters. The van der Waals surface area contributed by atoms with Gasteiger partial charge in [-0.15, -0.1) is 0 Å². The highest BCUT2D eigenvalue weighted by atomic mass is 16.5. The normalized spacial score (nSPS) is 18.3. The van der Waals surface area contributed by atoms with Gasteiger partial charge < -0.3 is 29.2 Å². The third kappa shape index (κ3) is 4.42. The van der Waals surface area contributed by atoms with Crippen molar-refractivity contribution < 1.29 is 28.5 Å². The molecule has 8 nitrogen and oxygen atoms in total. The lowest BCUT2D eigenvalue weighted by Gasteiger charge is -2.40. The van der Waals surface area contributed by atoms with Gasteiger partial charge >= 0.3 is 0 Å². The first-order valence-corrected chi connectivity index (χ1v) is 10.9. The number of methoxy groups -OCH3 is 4. The molecule has 178 valence electrons. The first-order valence-electron chi connectivity index (χ1n) is 10.9. The van der Waals surface area contributed by atoms with Crippen molar-refractivity contribution in [1.29, 1.82) is 0 Å². The molecule has 0 radical (unpaired) electrons. The Morgan fingerprint density at radius 1 is 0.970 bits per heavy atom. The van der Waals surface area contributed by atoms with Crippen LogP contribution >= 0.6 is 0 Å². The van der Waals surface area contributed by atoms with E-state index < -0.39 is 12.0 Å². The Bertz CT molecular complexity index is 1040. The standard InChI is InChI=1S/C25H32N2O6/c1-8-14(2)26-24(28)22-16-12-20(32-6)21(33-7)13-17(16)25(29)27(3)23(22)15-9-10-18(30-4)19(11-15)31-5/h9-14,22-23H,8H2,1-7H3,(H,26,28)/t14-,22-,23+/m0/s1. The van der Waals surface area contributed by atoms with Gasteiger partial charge in [0.2, 0.25) is 5.91 Å². The molecular weight excluding hydrogens is 424 g/mol. The monoisotopic (exact) mass is 456 g/mol. The van der Waals surface area contributed by atoms with Gasteiger partial charge in [0, 0.05) is 18.7 Å². The molecule has 2 amide bonds. The summed E-state index contributed by atoms with van der Waals surface area (Å²) in [5.41, 5.74) is 1.76. The predicted molar refractivity (Wildman–Crippen MR) is 125 cm³/mol. The van der Waals surface area contributed by atoms with Crippen molar-refractivity contribution in [2.75, 3.05) is 35.5 Å². The van der Waals surface area contributed by atoms with Gasteiger partial charge in [-0.05, 0) is 48.7 Å². The van der Waals surface area contributed by atoms with Crippen LogP contribution in [0.15, 0.2) is 30.3 Å². The lowest BCUT2D eigenvalue weighted by atomic mass is 9.79. The molecule has 33 heavy (non-hydrogen) atoms. The summed E-state index contributed by atoms with van der Waals surface area (Å²) in [7, 11) is 7.86. The highest BCUT2D eigenvalue weighted by molar-refractivity contribution is 6.02. The predicted octanol–water partition coefficient (Wildman–Crippen LogP) is 3.55. The topological polar surface area (TPSA) is 86.3 Å². The van der Waals surface area contributed by atoms with Crippen LogP contribution in [-0.2, 0) is 4.79 Å². The van der Waals surface area contributed by atoms with Gasteiger partial charge in [0.05, 0.1) is 40.4 Å². The van der Waals surface area contributed by atoms with E-state index in [0.717, 1.165) is 12.0 Å². The van der Waals surface area contributed by atoms with E-state index in [1.54, 1.807) is 44.4 Å². The molecule has 1 aliphatic heterocycles. The van der Waals surface area contributed by atoms with Crippen molar-refractivity contribution in [1.82, 2.24) is 10.2 Å². The third-order valence-electron chi connectivity index (χ3n) is 6.21. The summed E-state index contributed by atoms with van der Waals surface area (Å²) in [5.74, 6) is 0.933. The molecule has 8 heteroatoms. The first kappa shape index (κ1) is 24.2. The minimum atomic E-state index is -0.672. The third-order valence-corrected chi connectivity index (χ3v) is 6.21. The molecule has 3 rings (SSSR count). The molecule has 0 aromatic heterocycles. The van der Waals surface area contributed by atoms with Crippen molar-refractivity contribution in [2.45, 2.75) is 38.3 Å². The largest absolute Gasteiger partial charge is 0.493 e. The number of carbonyl (C=O) groups is 2. The summed E-state index contributed by atoms with van der Waals surface area (Å²) in [5, 5.41) is 3.09. The van der Waals surface area contributed by atoms with Crippen molar-refractivity contribution in [3.8, 4) is 23.0 Å². The second-order valence-electron chi connectivity index (χ2n) is 8.07. The van der Waals surface area contributed by atoms with Crippen molar-refractivity contribution in [3.63, 3.8) is 0 Å². The van der Waals surface area contributed by atoms with Gasteiger partial charge in [-0.3, -0.25) is 9.59 Å². The first-order chi connectivity index (χ1) is 15.8. The van der Waals surface area contributed by atoms with Gasteiger partial charge in [-0.25, -0.2) is 0 Å². The second-order valence-corrected chi connectivity index (χ2v) is 8.07. The zero-order chi connectivity index (χ0) is 24.3. The van der Waals surface area contributed by atoms with E-state index in [0.29, 0.717) is 34.1 Å². The number of hydrogen-bond acceptors (Lipinski definition) is 6. The van der Waals surface area contributed by atoms with Crippen LogP contribution in [0.3, 0.4) is 0 Å². The molecule has 0 bridgehead atoms. The van der Waals surface area contributed by atoms with Gasteiger partial charge in [-0.2, -0.15) is 0 Å². The molecule has 0 unspecified atom stereocenters. The van der Waals surface area contributed by atoms with Crippen LogP contribution in [0.5, 0.6) is 23.0 Å². The number of amides is 2. The van der Waals surface area contributed by atoms with Crippen LogP contribution in [-0.4, -0.2) is 58.2 Å². The fraction of sp³-hybridized carbons (Fsp3) is 0.440. The van der Waals surface area contributed by atoms with Crippen molar-refractivity contribution >= 4 is 11.8 Å². The number of ether oxygens (including phenoxy) is 4. The Morgan fingerprint density at radius 2 is 1.55 bits per heavy atom. The molecule has 1 N–H and O–H groups in total. The SMILES string of the molecule is CC[C@H](C)NC(=O)[C@H]1c2cc(OC)c(OC)cc2C(=O)N(C)[C@@H]1c1ccc(OC)c(OC)c1. The Labute approximate surface area is 194 Å². The summed E-state index contributed by atoms with van der Waals surface area (Å²) in [6.45, 7) is 3.96. The Hall–Kier alpha value is -3.42. The fourth-order valence-electron chi connectivity index (χ4n) is 4.22. The molecule has 2 aromatic rings. The Balaban J connectivity index is 2.24. The fourth-order valence-corrected chi connectivity index (χ4v) is 4.22. The molecule has 0 spiro atoms. The van der Waals surface area contributed by atoms with Gasteiger partial charge in [0.15, 0.2) is 23.0 Å². The average molecular weight is 457 g/mol. The second kappa shape index (κ2) is 10.0. The van der Waals surface area contributed by atoms with E-state index in [1.807, 2.05) is 26.0 Å². The van der Waals surface area contributed by atoms with Crippen LogP contribution in [0.4, 0.5) is 0 Å². The van der Waals surface area contributed by atoms with E-state index in [9.17, 15) is 9.59 Å². The zero-order valence-corrected chi connectivity index (χ0v) is 20.2. The lowest BCUT2D eigenvalue weighted by Crippen LogP contribution is -2.47. The number of benzene rings is 2.